The van der Waals surface area contributed by atoms with E-state index >= 15 is 0 Å². The molecule has 5 rings (SSSR count). The average molecular weight is 408 g/mol. The summed E-state index contributed by atoms with van der Waals surface area (Å²) in [7, 11) is 0. The maximum Gasteiger partial charge on any atom is 0.417 e. The number of ketones is 1. The van der Waals surface area contributed by atoms with Crippen molar-refractivity contribution in [3.05, 3.63) is 51.6 Å². The van der Waals surface area contributed by atoms with Crippen molar-refractivity contribution in [2.75, 3.05) is 0 Å². The highest BCUT2D eigenvalue weighted by atomic mass is 32.1. The number of hydrogen-bond acceptors (Lipinski definition) is 7. The third-order valence-corrected chi connectivity index (χ3v) is 5.89. The van der Waals surface area contributed by atoms with Crippen molar-refractivity contribution in [1.29, 1.82) is 0 Å². The van der Waals surface area contributed by atoms with E-state index in [4.69, 9.17) is 4.52 Å². The molecule has 146 valence electrons. The van der Waals surface area contributed by atoms with Crippen LogP contribution in [0.3, 0.4) is 0 Å². The number of aromatic nitrogens is 4. The number of hydrogen-bond donors (Lipinski definition) is 1. The van der Waals surface area contributed by atoms with Gasteiger partial charge in [-0.05, 0) is 44.4 Å². The Kier molecular flexibility index (Phi) is 3.88. The van der Waals surface area contributed by atoms with Gasteiger partial charge >= 0.3 is 6.09 Å². The summed E-state index contributed by atoms with van der Waals surface area (Å²) in [4.78, 5) is 34.0. The topological polar surface area (TPSA) is 111 Å². The first kappa shape index (κ1) is 17.7. The number of aryl methyl sites for hydroxylation is 2. The zero-order chi connectivity index (χ0) is 20.3. The molecule has 1 aliphatic carbocycles. The Morgan fingerprint density at radius 1 is 1.28 bits per heavy atom. The Bertz CT molecular complexity index is 1260. The van der Waals surface area contributed by atoms with E-state index < -0.39 is 6.09 Å². The number of carbonyl (C=O) groups excluding carboxylic acids is 1. The summed E-state index contributed by atoms with van der Waals surface area (Å²) in [5, 5.41) is 15.9. The van der Waals surface area contributed by atoms with Crippen molar-refractivity contribution < 1.29 is 19.2 Å². The van der Waals surface area contributed by atoms with E-state index in [1.54, 1.807) is 30.6 Å². The number of fused-ring (bicyclic) bond motifs is 1. The Hall–Kier alpha value is -3.33. The smallest absolute Gasteiger partial charge is 0.417 e. The Labute approximate surface area is 168 Å². The molecule has 0 radical (unpaired) electrons. The largest absolute Gasteiger partial charge is 0.464 e. The van der Waals surface area contributed by atoms with E-state index in [0.29, 0.717) is 44.4 Å². The fourth-order valence-electron chi connectivity index (χ4n) is 3.67. The normalized spacial score (nSPS) is 13.9. The van der Waals surface area contributed by atoms with Gasteiger partial charge in [-0.1, -0.05) is 5.16 Å². The number of carboxylic acid groups (broad SMARTS) is 1. The Morgan fingerprint density at radius 2 is 2.07 bits per heavy atom. The summed E-state index contributed by atoms with van der Waals surface area (Å²) in [6.07, 6.45) is 2.24. The van der Waals surface area contributed by atoms with Crippen molar-refractivity contribution in [3.63, 3.8) is 0 Å². The molecule has 3 heterocycles. The van der Waals surface area contributed by atoms with Crippen LogP contribution in [0.5, 0.6) is 0 Å². The molecular weight excluding hydrogens is 392 g/mol. The van der Waals surface area contributed by atoms with Crippen molar-refractivity contribution in [3.8, 4) is 11.1 Å². The van der Waals surface area contributed by atoms with Gasteiger partial charge in [0.25, 0.3) is 0 Å². The van der Waals surface area contributed by atoms with Crippen LogP contribution < -0.4 is 0 Å². The predicted molar refractivity (Wildman–Crippen MR) is 106 cm³/mol. The quantitative estimate of drug-likeness (QED) is 0.498. The molecule has 8 nitrogen and oxygen atoms in total. The fraction of sp³-hybridized carbons (Fsp3) is 0.250. The summed E-state index contributed by atoms with van der Waals surface area (Å²) in [5.41, 5.74) is 3.17. The van der Waals surface area contributed by atoms with Crippen LogP contribution in [0, 0.1) is 13.8 Å². The molecular formula is C20H16N4O4S. The minimum Gasteiger partial charge on any atom is -0.464 e. The van der Waals surface area contributed by atoms with Gasteiger partial charge in [-0.3, -0.25) is 4.79 Å². The van der Waals surface area contributed by atoms with Crippen molar-refractivity contribution in [2.45, 2.75) is 32.6 Å². The minimum absolute atomic E-state index is 0.101. The molecule has 3 aromatic heterocycles. The summed E-state index contributed by atoms with van der Waals surface area (Å²) < 4.78 is 6.48. The molecule has 1 aromatic carbocycles. The van der Waals surface area contributed by atoms with Crippen molar-refractivity contribution >= 4 is 34.2 Å². The number of thiazole rings is 1. The SMILES string of the molecule is Cc1noc(C)c1-c1cc(C(=O)c2nccs2)c2nc(C3CC3)n(C(=O)O)c2c1. The van der Waals surface area contributed by atoms with E-state index in [1.807, 2.05) is 6.92 Å². The van der Waals surface area contributed by atoms with Gasteiger partial charge in [0.1, 0.15) is 17.1 Å². The molecule has 0 atom stereocenters. The molecule has 1 aliphatic rings. The maximum absolute atomic E-state index is 13.2. The van der Waals surface area contributed by atoms with Crippen LogP contribution in [0.15, 0.2) is 28.2 Å². The first-order valence-electron chi connectivity index (χ1n) is 9.13. The number of rotatable bonds is 4. The highest BCUT2D eigenvalue weighted by molar-refractivity contribution is 7.11. The van der Waals surface area contributed by atoms with Gasteiger partial charge in [0.15, 0.2) is 5.01 Å². The number of nitrogens with zero attached hydrogens (tertiary/aromatic N) is 4. The zero-order valence-corrected chi connectivity index (χ0v) is 16.5. The lowest BCUT2D eigenvalue weighted by atomic mass is 9.98. The summed E-state index contributed by atoms with van der Waals surface area (Å²) in [6, 6.07) is 3.47. The molecule has 0 unspecified atom stereocenters. The van der Waals surface area contributed by atoms with Gasteiger partial charge in [0, 0.05) is 23.1 Å². The average Bonchev–Trinajstić information content (AvgIpc) is 3.10. The molecule has 1 N–H and O–H groups in total. The van der Waals surface area contributed by atoms with Crippen LogP contribution >= 0.6 is 11.3 Å². The lowest BCUT2D eigenvalue weighted by Gasteiger charge is -2.07. The summed E-state index contributed by atoms with van der Waals surface area (Å²) in [5.74, 6) is 0.898. The first-order valence-corrected chi connectivity index (χ1v) is 10.0. The molecule has 4 aromatic rings. The van der Waals surface area contributed by atoms with Crippen LogP contribution in [-0.4, -0.2) is 36.7 Å². The zero-order valence-electron chi connectivity index (χ0n) is 15.7. The minimum atomic E-state index is -1.11. The van der Waals surface area contributed by atoms with E-state index in [-0.39, 0.29) is 11.7 Å². The van der Waals surface area contributed by atoms with E-state index in [1.165, 1.54) is 15.9 Å². The fourth-order valence-corrected chi connectivity index (χ4v) is 4.26. The molecule has 0 spiro atoms. The van der Waals surface area contributed by atoms with E-state index in [9.17, 15) is 14.7 Å². The number of benzene rings is 1. The van der Waals surface area contributed by atoms with Gasteiger partial charge in [-0.2, -0.15) is 0 Å². The Balaban J connectivity index is 1.85. The van der Waals surface area contributed by atoms with Crippen molar-refractivity contribution in [1.82, 2.24) is 19.7 Å². The lowest BCUT2D eigenvalue weighted by molar-refractivity contribution is 0.103. The molecule has 1 fully saturated rings. The molecule has 0 saturated heterocycles. The van der Waals surface area contributed by atoms with Crippen LogP contribution in [0.25, 0.3) is 22.2 Å². The van der Waals surface area contributed by atoms with Gasteiger partial charge in [0.2, 0.25) is 5.78 Å². The van der Waals surface area contributed by atoms with Crippen LogP contribution in [0.1, 0.15) is 51.4 Å². The van der Waals surface area contributed by atoms with Gasteiger partial charge < -0.3 is 9.63 Å². The standard InChI is InChI=1S/C20H16N4O4S/c1-9-15(10(2)28-23-9)12-7-13(17(25)19-21-5-6-29-19)16-14(8-12)24(20(26)27)18(22-16)11-3-4-11/h5-8,11H,3-4H2,1-2H3,(H,26,27). The highest BCUT2D eigenvalue weighted by Gasteiger charge is 2.33. The third kappa shape index (κ3) is 2.77. The molecule has 0 bridgehead atoms. The second kappa shape index (κ2) is 6.35. The third-order valence-electron chi connectivity index (χ3n) is 5.11. The Morgan fingerprint density at radius 3 is 2.66 bits per heavy atom. The van der Waals surface area contributed by atoms with Gasteiger partial charge in [-0.15, -0.1) is 11.3 Å². The number of imidazole rings is 1. The summed E-state index contributed by atoms with van der Waals surface area (Å²) >= 11 is 1.24. The van der Waals surface area contributed by atoms with Gasteiger partial charge in [0.05, 0.1) is 16.8 Å². The molecule has 1 saturated carbocycles. The maximum atomic E-state index is 13.2. The van der Waals surface area contributed by atoms with E-state index in [2.05, 4.69) is 15.1 Å². The second-order valence-electron chi connectivity index (χ2n) is 7.12. The molecule has 9 heteroatoms. The van der Waals surface area contributed by atoms with Crippen LogP contribution in [0.4, 0.5) is 4.79 Å². The molecule has 0 aliphatic heterocycles. The van der Waals surface area contributed by atoms with Crippen molar-refractivity contribution in [2.24, 2.45) is 0 Å². The predicted octanol–water partition coefficient (Wildman–Crippen LogP) is 4.40. The van der Waals surface area contributed by atoms with Crippen LogP contribution in [0.2, 0.25) is 0 Å². The number of carbonyl (C=O) groups is 2. The molecule has 0 amide bonds. The van der Waals surface area contributed by atoms with E-state index in [0.717, 1.165) is 18.4 Å². The monoisotopic (exact) mass is 408 g/mol. The second-order valence-corrected chi connectivity index (χ2v) is 8.01. The first-order chi connectivity index (χ1) is 14.0. The highest BCUT2D eigenvalue weighted by Crippen LogP contribution is 2.42. The lowest BCUT2D eigenvalue weighted by Crippen LogP contribution is -2.11. The molecule has 29 heavy (non-hydrogen) atoms. The van der Waals surface area contributed by atoms with Crippen LogP contribution in [-0.2, 0) is 0 Å². The van der Waals surface area contributed by atoms with Gasteiger partial charge in [-0.25, -0.2) is 19.3 Å². The summed E-state index contributed by atoms with van der Waals surface area (Å²) in [6.45, 7) is 3.59.